The predicted molar refractivity (Wildman–Crippen MR) is 99.8 cm³/mol. The van der Waals surface area contributed by atoms with Gasteiger partial charge < -0.3 is 18.9 Å². The van der Waals surface area contributed by atoms with Crippen LogP contribution in [0, 0.1) is 6.92 Å². The molecule has 1 aromatic heterocycles. The number of hydrogen-bond acceptors (Lipinski definition) is 6. The van der Waals surface area contributed by atoms with Gasteiger partial charge in [0.2, 0.25) is 11.7 Å². The molecule has 0 aliphatic rings. The Morgan fingerprint density at radius 2 is 1.81 bits per heavy atom. The molecule has 1 amide bonds. The SMILES string of the molecule is COc1cc(OC)cc(C(=O)N(C)Cc2nc(-c3cccc(C)c3)no2)c1. The normalized spacial score (nSPS) is 10.5. The predicted octanol–water partition coefficient (Wildman–Crippen LogP) is 3.33. The van der Waals surface area contributed by atoms with E-state index in [1.807, 2.05) is 31.2 Å². The monoisotopic (exact) mass is 367 g/mol. The topological polar surface area (TPSA) is 77.7 Å². The molecule has 0 saturated heterocycles. The summed E-state index contributed by atoms with van der Waals surface area (Å²) in [6.07, 6.45) is 0. The van der Waals surface area contributed by atoms with Crippen molar-refractivity contribution in [1.29, 1.82) is 0 Å². The van der Waals surface area contributed by atoms with E-state index >= 15 is 0 Å². The summed E-state index contributed by atoms with van der Waals surface area (Å²) in [5, 5.41) is 4.00. The van der Waals surface area contributed by atoms with Crippen molar-refractivity contribution in [2.75, 3.05) is 21.3 Å². The van der Waals surface area contributed by atoms with Crippen molar-refractivity contribution >= 4 is 5.91 Å². The molecule has 0 spiro atoms. The third-order valence-corrected chi connectivity index (χ3v) is 4.06. The number of aromatic nitrogens is 2. The Morgan fingerprint density at radius 1 is 1.11 bits per heavy atom. The first-order valence-electron chi connectivity index (χ1n) is 8.38. The Balaban J connectivity index is 1.76. The molecule has 0 N–H and O–H groups in total. The van der Waals surface area contributed by atoms with Gasteiger partial charge in [0.1, 0.15) is 11.5 Å². The summed E-state index contributed by atoms with van der Waals surface area (Å²) in [5.41, 5.74) is 2.43. The summed E-state index contributed by atoms with van der Waals surface area (Å²) in [6.45, 7) is 2.19. The fourth-order valence-corrected chi connectivity index (χ4v) is 2.65. The maximum Gasteiger partial charge on any atom is 0.254 e. The second-order valence-corrected chi connectivity index (χ2v) is 6.14. The van der Waals surface area contributed by atoms with Gasteiger partial charge in [-0.05, 0) is 25.1 Å². The molecular formula is C20H21N3O4. The molecule has 7 heteroatoms. The van der Waals surface area contributed by atoms with Gasteiger partial charge in [0.05, 0.1) is 20.8 Å². The van der Waals surface area contributed by atoms with Crippen molar-refractivity contribution in [1.82, 2.24) is 15.0 Å². The molecule has 0 fully saturated rings. The molecule has 0 aliphatic carbocycles. The lowest BCUT2D eigenvalue weighted by Gasteiger charge is -2.16. The van der Waals surface area contributed by atoms with Crippen LogP contribution in [0.2, 0.25) is 0 Å². The molecule has 0 atom stereocenters. The van der Waals surface area contributed by atoms with Crippen LogP contribution in [0.25, 0.3) is 11.4 Å². The first kappa shape index (κ1) is 18.4. The number of aryl methyl sites for hydroxylation is 1. The molecule has 0 radical (unpaired) electrons. The quantitative estimate of drug-likeness (QED) is 0.665. The molecule has 1 heterocycles. The minimum atomic E-state index is -0.206. The van der Waals surface area contributed by atoms with Gasteiger partial charge in [-0.1, -0.05) is 28.9 Å². The zero-order valence-electron chi connectivity index (χ0n) is 15.7. The summed E-state index contributed by atoms with van der Waals surface area (Å²) in [4.78, 5) is 18.6. The third-order valence-electron chi connectivity index (χ3n) is 4.06. The highest BCUT2D eigenvalue weighted by Crippen LogP contribution is 2.24. The fraction of sp³-hybridized carbons (Fsp3) is 0.250. The van der Waals surface area contributed by atoms with E-state index in [1.54, 1.807) is 25.2 Å². The van der Waals surface area contributed by atoms with Gasteiger partial charge in [-0.2, -0.15) is 4.98 Å². The zero-order valence-corrected chi connectivity index (χ0v) is 15.7. The molecule has 140 valence electrons. The minimum Gasteiger partial charge on any atom is -0.497 e. The van der Waals surface area contributed by atoms with Gasteiger partial charge in [-0.3, -0.25) is 4.79 Å². The van der Waals surface area contributed by atoms with Gasteiger partial charge >= 0.3 is 0 Å². The van der Waals surface area contributed by atoms with Crippen LogP contribution in [0.4, 0.5) is 0 Å². The van der Waals surface area contributed by atoms with E-state index in [0.717, 1.165) is 11.1 Å². The van der Waals surface area contributed by atoms with Crippen LogP contribution in [0.5, 0.6) is 11.5 Å². The van der Waals surface area contributed by atoms with Crippen molar-refractivity contribution in [3.05, 3.63) is 59.5 Å². The first-order chi connectivity index (χ1) is 13.0. The second kappa shape index (κ2) is 7.90. The summed E-state index contributed by atoms with van der Waals surface area (Å²) >= 11 is 0. The van der Waals surface area contributed by atoms with Gasteiger partial charge in [0.15, 0.2) is 0 Å². The van der Waals surface area contributed by atoms with Crippen LogP contribution in [-0.2, 0) is 6.54 Å². The molecule has 0 unspecified atom stereocenters. The maximum atomic E-state index is 12.7. The molecule has 0 aliphatic heterocycles. The van der Waals surface area contributed by atoms with Crippen LogP contribution < -0.4 is 9.47 Å². The Hall–Kier alpha value is -3.35. The Kier molecular flexibility index (Phi) is 5.40. The summed E-state index contributed by atoms with van der Waals surface area (Å²) < 4.78 is 15.7. The van der Waals surface area contributed by atoms with Crippen LogP contribution in [0.15, 0.2) is 47.0 Å². The summed E-state index contributed by atoms with van der Waals surface area (Å²) in [5.74, 6) is 1.74. The van der Waals surface area contributed by atoms with Crippen LogP contribution in [-0.4, -0.2) is 42.2 Å². The van der Waals surface area contributed by atoms with E-state index in [4.69, 9.17) is 14.0 Å². The highest BCUT2D eigenvalue weighted by Gasteiger charge is 2.18. The van der Waals surface area contributed by atoms with E-state index in [-0.39, 0.29) is 12.5 Å². The smallest absolute Gasteiger partial charge is 0.254 e. The van der Waals surface area contributed by atoms with Crippen LogP contribution in [0.3, 0.4) is 0 Å². The van der Waals surface area contributed by atoms with E-state index in [9.17, 15) is 4.79 Å². The minimum absolute atomic E-state index is 0.192. The van der Waals surface area contributed by atoms with Gasteiger partial charge in [-0.25, -0.2) is 0 Å². The molecular weight excluding hydrogens is 346 g/mol. The Bertz CT molecular complexity index is 930. The number of ether oxygens (including phenoxy) is 2. The molecule has 7 nitrogen and oxygen atoms in total. The number of benzene rings is 2. The standard InChI is InChI=1S/C20H21N3O4/c1-13-6-5-7-14(8-13)19-21-18(27-22-19)12-23(2)20(24)15-9-16(25-3)11-17(10-15)26-4/h5-11H,12H2,1-4H3. The van der Waals surface area contributed by atoms with Crippen molar-refractivity contribution < 1.29 is 18.8 Å². The van der Waals surface area contributed by atoms with Gasteiger partial charge in [0, 0.05) is 24.2 Å². The lowest BCUT2D eigenvalue weighted by atomic mass is 10.1. The number of nitrogens with zero attached hydrogens (tertiary/aromatic N) is 3. The molecule has 0 bridgehead atoms. The molecule has 27 heavy (non-hydrogen) atoms. The average Bonchev–Trinajstić information content (AvgIpc) is 3.15. The number of amides is 1. The third kappa shape index (κ3) is 4.25. The Labute approximate surface area is 157 Å². The maximum absolute atomic E-state index is 12.7. The number of carbonyl (C=O) groups excluding carboxylic acids is 1. The lowest BCUT2D eigenvalue weighted by Crippen LogP contribution is -2.26. The van der Waals surface area contributed by atoms with Crippen molar-refractivity contribution in [3.8, 4) is 22.9 Å². The first-order valence-corrected chi connectivity index (χ1v) is 8.38. The molecule has 3 rings (SSSR count). The second-order valence-electron chi connectivity index (χ2n) is 6.14. The van der Waals surface area contributed by atoms with E-state index in [2.05, 4.69) is 10.1 Å². The number of rotatable bonds is 6. The highest BCUT2D eigenvalue weighted by molar-refractivity contribution is 5.94. The highest BCUT2D eigenvalue weighted by atomic mass is 16.5. The molecule has 2 aromatic carbocycles. The van der Waals surface area contributed by atoms with Gasteiger partial charge in [0.25, 0.3) is 5.91 Å². The van der Waals surface area contributed by atoms with Crippen LogP contribution in [0.1, 0.15) is 21.8 Å². The average molecular weight is 367 g/mol. The largest absolute Gasteiger partial charge is 0.497 e. The molecule has 3 aromatic rings. The van der Waals surface area contributed by atoms with Crippen molar-refractivity contribution in [3.63, 3.8) is 0 Å². The number of hydrogen-bond donors (Lipinski definition) is 0. The number of methoxy groups -OCH3 is 2. The Morgan fingerprint density at radius 3 is 2.44 bits per heavy atom. The fourth-order valence-electron chi connectivity index (χ4n) is 2.65. The van der Waals surface area contributed by atoms with Gasteiger partial charge in [-0.15, -0.1) is 0 Å². The summed E-state index contributed by atoms with van der Waals surface area (Å²) in [7, 11) is 4.75. The van der Waals surface area contributed by atoms with E-state index in [1.165, 1.54) is 19.1 Å². The summed E-state index contributed by atoms with van der Waals surface area (Å²) in [6, 6.07) is 12.9. The van der Waals surface area contributed by atoms with Crippen molar-refractivity contribution in [2.24, 2.45) is 0 Å². The van der Waals surface area contributed by atoms with E-state index in [0.29, 0.717) is 28.8 Å². The zero-order chi connectivity index (χ0) is 19.4. The lowest BCUT2D eigenvalue weighted by molar-refractivity contribution is 0.0769. The van der Waals surface area contributed by atoms with Crippen molar-refractivity contribution in [2.45, 2.75) is 13.5 Å². The van der Waals surface area contributed by atoms with E-state index < -0.39 is 0 Å². The molecule has 0 saturated carbocycles. The number of carbonyl (C=O) groups is 1. The van der Waals surface area contributed by atoms with Crippen LogP contribution >= 0.6 is 0 Å².